The highest BCUT2D eigenvalue weighted by Gasteiger charge is 2.26. The highest BCUT2D eigenvalue weighted by molar-refractivity contribution is 8.00. The molecule has 1 fully saturated rings. The quantitative estimate of drug-likeness (QED) is 0.844. The summed E-state index contributed by atoms with van der Waals surface area (Å²) in [5.74, 6) is -0.543. The van der Waals surface area contributed by atoms with Gasteiger partial charge in [-0.1, -0.05) is 12.1 Å². The second kappa shape index (κ2) is 4.49. The summed E-state index contributed by atoms with van der Waals surface area (Å²) < 4.78 is 26.4. The maximum absolute atomic E-state index is 13.4. The van der Waals surface area contributed by atoms with Gasteiger partial charge in [-0.25, -0.2) is 8.78 Å². The molecule has 2 unspecified atom stereocenters. The molecule has 1 heterocycles. The van der Waals surface area contributed by atoms with Crippen molar-refractivity contribution in [2.75, 3.05) is 5.75 Å². The first-order chi connectivity index (χ1) is 7.20. The van der Waals surface area contributed by atoms with E-state index in [0.717, 1.165) is 24.7 Å². The Morgan fingerprint density at radius 2 is 2.20 bits per heavy atom. The van der Waals surface area contributed by atoms with Crippen LogP contribution in [0.5, 0.6) is 0 Å². The SMILES string of the molecule is NC(c1cccc(F)c1F)C1CCCS1. The topological polar surface area (TPSA) is 26.0 Å². The van der Waals surface area contributed by atoms with Crippen LogP contribution in [0.15, 0.2) is 18.2 Å². The average molecular weight is 229 g/mol. The summed E-state index contributed by atoms with van der Waals surface area (Å²) in [5.41, 5.74) is 6.24. The Kier molecular flexibility index (Phi) is 3.26. The predicted molar refractivity (Wildman–Crippen MR) is 58.8 cm³/mol. The third-order valence-corrected chi connectivity index (χ3v) is 4.19. The van der Waals surface area contributed by atoms with Crippen LogP contribution in [0.4, 0.5) is 8.78 Å². The van der Waals surface area contributed by atoms with Gasteiger partial charge in [0.1, 0.15) is 0 Å². The molecule has 2 rings (SSSR count). The number of thioether (sulfide) groups is 1. The maximum Gasteiger partial charge on any atom is 0.163 e. The molecule has 0 aromatic heterocycles. The summed E-state index contributed by atoms with van der Waals surface area (Å²) in [4.78, 5) is 0. The Hall–Kier alpha value is -0.610. The van der Waals surface area contributed by atoms with Crippen molar-refractivity contribution in [2.24, 2.45) is 5.73 Å². The van der Waals surface area contributed by atoms with E-state index in [2.05, 4.69) is 0 Å². The Morgan fingerprint density at radius 1 is 1.40 bits per heavy atom. The van der Waals surface area contributed by atoms with E-state index in [-0.39, 0.29) is 5.25 Å². The van der Waals surface area contributed by atoms with E-state index in [1.165, 1.54) is 6.07 Å². The number of rotatable bonds is 2. The lowest BCUT2D eigenvalue weighted by molar-refractivity contribution is 0.484. The van der Waals surface area contributed by atoms with Crippen molar-refractivity contribution in [1.29, 1.82) is 0 Å². The molecule has 1 nitrogen and oxygen atoms in total. The molecule has 1 aromatic carbocycles. The number of halogens is 2. The number of nitrogens with two attached hydrogens (primary N) is 1. The minimum atomic E-state index is -0.814. The molecule has 1 aromatic rings. The van der Waals surface area contributed by atoms with Crippen LogP contribution in [0.1, 0.15) is 24.4 Å². The Balaban J connectivity index is 2.24. The average Bonchev–Trinajstić information content (AvgIpc) is 2.74. The monoisotopic (exact) mass is 229 g/mol. The molecule has 15 heavy (non-hydrogen) atoms. The van der Waals surface area contributed by atoms with Crippen molar-refractivity contribution in [3.8, 4) is 0 Å². The summed E-state index contributed by atoms with van der Waals surface area (Å²) in [6, 6.07) is 3.80. The first-order valence-electron chi connectivity index (χ1n) is 5.01. The van der Waals surface area contributed by atoms with Crippen molar-refractivity contribution >= 4 is 11.8 Å². The minimum Gasteiger partial charge on any atom is -0.323 e. The summed E-state index contributed by atoms with van der Waals surface area (Å²) >= 11 is 1.75. The van der Waals surface area contributed by atoms with E-state index in [4.69, 9.17) is 5.73 Å². The molecule has 0 radical (unpaired) electrons. The summed E-state index contributed by atoms with van der Waals surface area (Å²) in [6.45, 7) is 0. The summed E-state index contributed by atoms with van der Waals surface area (Å²) in [7, 11) is 0. The van der Waals surface area contributed by atoms with E-state index in [9.17, 15) is 8.78 Å². The molecule has 0 spiro atoms. The number of benzene rings is 1. The fourth-order valence-corrected chi connectivity index (χ4v) is 3.19. The van der Waals surface area contributed by atoms with E-state index >= 15 is 0 Å². The van der Waals surface area contributed by atoms with E-state index in [0.29, 0.717) is 5.56 Å². The Bertz CT molecular complexity index is 350. The number of hydrogen-bond acceptors (Lipinski definition) is 2. The molecule has 1 aliphatic heterocycles. The first-order valence-corrected chi connectivity index (χ1v) is 6.06. The van der Waals surface area contributed by atoms with Crippen LogP contribution in [0.25, 0.3) is 0 Å². The van der Waals surface area contributed by atoms with Gasteiger partial charge in [-0.2, -0.15) is 11.8 Å². The smallest absolute Gasteiger partial charge is 0.163 e. The molecular weight excluding hydrogens is 216 g/mol. The van der Waals surface area contributed by atoms with E-state index < -0.39 is 17.7 Å². The van der Waals surface area contributed by atoms with Crippen LogP contribution < -0.4 is 5.73 Å². The van der Waals surface area contributed by atoms with Gasteiger partial charge in [0.25, 0.3) is 0 Å². The maximum atomic E-state index is 13.4. The van der Waals surface area contributed by atoms with Crippen LogP contribution >= 0.6 is 11.8 Å². The molecule has 82 valence electrons. The van der Waals surface area contributed by atoms with Crippen molar-refractivity contribution in [1.82, 2.24) is 0 Å². The standard InChI is InChI=1S/C11H13F2NS/c12-8-4-1-3-7(10(8)13)11(14)9-5-2-6-15-9/h1,3-4,9,11H,2,5-6,14H2. The fourth-order valence-electron chi connectivity index (χ4n) is 1.86. The second-order valence-electron chi connectivity index (χ2n) is 3.72. The molecule has 1 saturated heterocycles. The molecule has 0 saturated carbocycles. The molecule has 0 bridgehead atoms. The highest BCUT2D eigenvalue weighted by Crippen LogP contribution is 2.35. The lowest BCUT2D eigenvalue weighted by Crippen LogP contribution is -2.23. The minimum absolute atomic E-state index is 0.223. The normalized spacial score (nSPS) is 23.0. The lowest BCUT2D eigenvalue weighted by Gasteiger charge is -2.19. The van der Waals surface area contributed by atoms with Gasteiger partial charge >= 0.3 is 0 Å². The molecular formula is C11H13F2NS. The van der Waals surface area contributed by atoms with Crippen LogP contribution in [0.2, 0.25) is 0 Å². The molecule has 0 aliphatic carbocycles. The van der Waals surface area contributed by atoms with E-state index in [1.54, 1.807) is 17.8 Å². The zero-order valence-electron chi connectivity index (χ0n) is 8.25. The van der Waals surface area contributed by atoms with Gasteiger partial charge in [-0.15, -0.1) is 0 Å². The van der Waals surface area contributed by atoms with Gasteiger partial charge in [0, 0.05) is 16.9 Å². The summed E-state index contributed by atoms with van der Waals surface area (Å²) in [5, 5.41) is 0.223. The van der Waals surface area contributed by atoms with E-state index in [1.807, 2.05) is 0 Å². The first kappa shape index (κ1) is 10.9. The molecule has 4 heteroatoms. The lowest BCUT2D eigenvalue weighted by atomic mass is 10.0. The van der Waals surface area contributed by atoms with Crippen LogP contribution in [0, 0.1) is 11.6 Å². The molecule has 2 atom stereocenters. The Labute approximate surface area is 92.0 Å². The van der Waals surface area contributed by atoms with Gasteiger partial charge in [-0.05, 0) is 24.7 Å². The van der Waals surface area contributed by atoms with Gasteiger partial charge < -0.3 is 5.73 Å². The van der Waals surface area contributed by atoms with Crippen molar-refractivity contribution < 1.29 is 8.78 Å². The van der Waals surface area contributed by atoms with Gasteiger partial charge in [0.15, 0.2) is 11.6 Å². The third kappa shape index (κ3) is 2.16. The van der Waals surface area contributed by atoms with Crippen LogP contribution in [-0.4, -0.2) is 11.0 Å². The predicted octanol–water partition coefficient (Wildman–Crippen LogP) is 2.86. The number of hydrogen-bond donors (Lipinski definition) is 1. The largest absolute Gasteiger partial charge is 0.323 e. The molecule has 0 amide bonds. The molecule has 1 aliphatic rings. The highest BCUT2D eigenvalue weighted by atomic mass is 32.2. The van der Waals surface area contributed by atoms with Crippen molar-refractivity contribution in [2.45, 2.75) is 24.1 Å². The van der Waals surface area contributed by atoms with Gasteiger partial charge in [0.2, 0.25) is 0 Å². The van der Waals surface area contributed by atoms with Crippen LogP contribution in [-0.2, 0) is 0 Å². The van der Waals surface area contributed by atoms with Crippen molar-refractivity contribution in [3.05, 3.63) is 35.4 Å². The second-order valence-corrected chi connectivity index (χ2v) is 5.07. The summed E-state index contributed by atoms with van der Waals surface area (Å²) in [6.07, 6.45) is 2.10. The van der Waals surface area contributed by atoms with Gasteiger partial charge in [0.05, 0.1) is 0 Å². The van der Waals surface area contributed by atoms with Gasteiger partial charge in [-0.3, -0.25) is 0 Å². The zero-order chi connectivity index (χ0) is 10.8. The van der Waals surface area contributed by atoms with Crippen LogP contribution in [0.3, 0.4) is 0 Å². The molecule has 2 N–H and O–H groups in total. The third-order valence-electron chi connectivity index (χ3n) is 2.71. The Morgan fingerprint density at radius 3 is 2.87 bits per heavy atom. The zero-order valence-corrected chi connectivity index (χ0v) is 9.07. The fraction of sp³-hybridized carbons (Fsp3) is 0.455. The van der Waals surface area contributed by atoms with Crippen molar-refractivity contribution in [3.63, 3.8) is 0 Å².